The van der Waals surface area contributed by atoms with E-state index in [4.69, 9.17) is 19.8 Å². The van der Waals surface area contributed by atoms with Crippen molar-refractivity contribution in [3.05, 3.63) is 95.1 Å². The van der Waals surface area contributed by atoms with Gasteiger partial charge in [0.2, 0.25) is 11.8 Å². The third-order valence-corrected chi connectivity index (χ3v) is 6.54. The minimum absolute atomic E-state index is 0.0930. The number of hydrogen-bond acceptors (Lipinski definition) is 6. The molecule has 0 radical (unpaired) electrons. The number of carbonyl (C=O) groups excluding carboxylic acids is 1. The first-order chi connectivity index (χ1) is 17.0. The monoisotopic (exact) mass is 483 g/mol. The van der Waals surface area contributed by atoms with Gasteiger partial charge in [0.05, 0.1) is 16.9 Å². The molecular weight excluding hydrogens is 462 g/mol. The van der Waals surface area contributed by atoms with E-state index in [1.165, 1.54) is 23.9 Å². The number of nitrogens with one attached hydrogen (secondary N) is 1. The van der Waals surface area contributed by atoms with Gasteiger partial charge in [-0.1, -0.05) is 65.9 Å². The van der Waals surface area contributed by atoms with Gasteiger partial charge in [0, 0.05) is 17.7 Å². The molecule has 174 valence electrons. The molecule has 0 fully saturated rings. The zero-order chi connectivity index (χ0) is 24.4. The Balaban J connectivity index is 1.42. The zero-order valence-corrected chi connectivity index (χ0v) is 19.6. The Bertz CT molecular complexity index is 1440. The maximum Gasteiger partial charge on any atom is 0.335 e. The molecule has 5 rings (SSSR count). The molecule has 0 spiro atoms. The molecule has 1 aliphatic rings. The van der Waals surface area contributed by atoms with Gasteiger partial charge in [-0.25, -0.2) is 9.78 Å². The van der Waals surface area contributed by atoms with Crippen molar-refractivity contribution in [3.8, 4) is 23.0 Å². The molecule has 0 bridgehead atoms. The average Bonchev–Trinajstić information content (AvgIpc) is 2.86. The molecule has 0 atom stereocenters. The Labute approximate surface area is 206 Å². The molecule has 35 heavy (non-hydrogen) atoms. The topological polar surface area (TPSA) is 101 Å². The highest BCUT2D eigenvalue weighted by atomic mass is 32.2. The number of aromatic carboxylic acids is 1. The fourth-order valence-electron chi connectivity index (χ4n) is 3.74. The van der Waals surface area contributed by atoms with Crippen LogP contribution in [0.3, 0.4) is 0 Å². The van der Waals surface area contributed by atoms with Crippen LogP contribution in [0.25, 0.3) is 11.4 Å². The van der Waals surface area contributed by atoms with E-state index >= 15 is 0 Å². The van der Waals surface area contributed by atoms with E-state index in [0.29, 0.717) is 28.8 Å². The third kappa shape index (κ3) is 5.02. The molecule has 0 saturated carbocycles. The second-order valence-corrected chi connectivity index (χ2v) is 9.08. The SMILES string of the molecule is Cc1ccc(-c2nc3c(c(SCC(=O)Nc4cccc(C(=O)O)c4)n2)Cc2ccccc2O3)cc1. The summed E-state index contributed by atoms with van der Waals surface area (Å²) in [6.45, 7) is 2.02. The summed E-state index contributed by atoms with van der Waals surface area (Å²) in [5, 5.41) is 12.6. The summed E-state index contributed by atoms with van der Waals surface area (Å²) < 4.78 is 6.12. The number of amides is 1. The number of rotatable bonds is 6. The van der Waals surface area contributed by atoms with E-state index in [2.05, 4.69) is 5.32 Å². The molecule has 2 heterocycles. The Kier molecular flexibility index (Phi) is 6.20. The summed E-state index contributed by atoms with van der Waals surface area (Å²) in [6.07, 6.45) is 0.601. The number of benzene rings is 3. The minimum Gasteiger partial charge on any atom is -0.478 e. The number of aromatic nitrogens is 2. The minimum atomic E-state index is -1.05. The first-order valence-corrected chi connectivity index (χ1v) is 11.9. The van der Waals surface area contributed by atoms with Crippen molar-refractivity contribution in [2.75, 3.05) is 11.1 Å². The summed E-state index contributed by atoms with van der Waals surface area (Å²) >= 11 is 1.30. The van der Waals surface area contributed by atoms with Crippen molar-refractivity contribution in [2.45, 2.75) is 18.4 Å². The maximum absolute atomic E-state index is 12.7. The van der Waals surface area contributed by atoms with E-state index in [-0.39, 0.29) is 17.2 Å². The molecule has 0 unspecified atom stereocenters. The first kappa shape index (κ1) is 22.6. The number of thioether (sulfide) groups is 1. The van der Waals surface area contributed by atoms with Crippen LogP contribution in [0.4, 0.5) is 5.69 Å². The van der Waals surface area contributed by atoms with Crippen LogP contribution in [0.5, 0.6) is 11.6 Å². The third-order valence-electron chi connectivity index (χ3n) is 5.52. The Morgan fingerprint density at radius 3 is 2.63 bits per heavy atom. The van der Waals surface area contributed by atoms with Crippen molar-refractivity contribution >= 4 is 29.3 Å². The number of para-hydroxylation sites is 1. The van der Waals surface area contributed by atoms with Crippen LogP contribution < -0.4 is 10.1 Å². The highest BCUT2D eigenvalue weighted by Crippen LogP contribution is 2.40. The van der Waals surface area contributed by atoms with Crippen molar-refractivity contribution in [1.82, 2.24) is 9.97 Å². The number of hydrogen-bond donors (Lipinski definition) is 2. The van der Waals surface area contributed by atoms with Gasteiger partial charge >= 0.3 is 5.97 Å². The van der Waals surface area contributed by atoms with E-state index < -0.39 is 5.97 Å². The standard InChI is InChI=1S/C27H21N3O4S/c1-16-9-11-17(12-10-16)24-29-25-21(14-18-5-2-3-8-22(18)34-25)26(30-24)35-15-23(31)28-20-7-4-6-19(13-20)27(32)33/h2-13H,14-15H2,1H3,(H,28,31)(H,32,33). The number of anilines is 1. The van der Waals surface area contributed by atoms with Crippen LogP contribution in [0.2, 0.25) is 0 Å². The van der Waals surface area contributed by atoms with Crippen LogP contribution in [-0.2, 0) is 11.2 Å². The number of fused-ring (bicyclic) bond motifs is 2. The smallest absolute Gasteiger partial charge is 0.335 e. The summed E-state index contributed by atoms with van der Waals surface area (Å²) in [5.74, 6) is 0.563. The fourth-order valence-corrected chi connectivity index (χ4v) is 4.56. The van der Waals surface area contributed by atoms with Gasteiger partial charge in [-0.3, -0.25) is 4.79 Å². The Morgan fingerprint density at radius 2 is 1.83 bits per heavy atom. The second kappa shape index (κ2) is 9.60. The van der Waals surface area contributed by atoms with Gasteiger partial charge in [0.25, 0.3) is 0 Å². The Hall–Kier alpha value is -4.17. The highest BCUT2D eigenvalue weighted by molar-refractivity contribution is 8.00. The molecule has 2 N–H and O–H groups in total. The molecule has 0 aliphatic carbocycles. The maximum atomic E-state index is 12.7. The van der Waals surface area contributed by atoms with Gasteiger partial charge in [0.1, 0.15) is 10.8 Å². The van der Waals surface area contributed by atoms with E-state index in [1.54, 1.807) is 12.1 Å². The van der Waals surface area contributed by atoms with Gasteiger partial charge in [-0.2, -0.15) is 4.98 Å². The average molecular weight is 484 g/mol. The molecular formula is C27H21N3O4S. The lowest BCUT2D eigenvalue weighted by atomic mass is 10.0. The number of ether oxygens (including phenoxy) is 1. The molecule has 4 aromatic rings. The van der Waals surface area contributed by atoms with Crippen LogP contribution in [0, 0.1) is 6.92 Å². The predicted octanol–water partition coefficient (Wildman–Crippen LogP) is 5.58. The summed E-state index contributed by atoms with van der Waals surface area (Å²) in [4.78, 5) is 33.4. The fraction of sp³-hybridized carbons (Fsp3) is 0.111. The largest absolute Gasteiger partial charge is 0.478 e. The second-order valence-electron chi connectivity index (χ2n) is 8.11. The van der Waals surface area contributed by atoms with E-state index in [0.717, 1.165) is 28.0 Å². The van der Waals surface area contributed by atoms with Gasteiger partial charge in [-0.05, 0) is 36.8 Å². The van der Waals surface area contributed by atoms with Crippen molar-refractivity contribution < 1.29 is 19.4 Å². The van der Waals surface area contributed by atoms with Crippen LogP contribution in [0.15, 0.2) is 77.8 Å². The molecule has 1 aromatic heterocycles. The van der Waals surface area contributed by atoms with E-state index in [9.17, 15) is 9.59 Å². The number of carboxylic acid groups (broad SMARTS) is 1. The first-order valence-electron chi connectivity index (χ1n) is 11.0. The lowest BCUT2D eigenvalue weighted by Crippen LogP contribution is -2.15. The van der Waals surface area contributed by atoms with Crippen LogP contribution in [-0.4, -0.2) is 32.7 Å². The number of aryl methyl sites for hydroxylation is 1. The quantitative estimate of drug-likeness (QED) is 0.240. The summed E-state index contributed by atoms with van der Waals surface area (Å²) in [6, 6.07) is 21.9. The van der Waals surface area contributed by atoms with Gasteiger partial charge < -0.3 is 15.2 Å². The molecule has 1 amide bonds. The molecule has 3 aromatic carbocycles. The highest BCUT2D eigenvalue weighted by Gasteiger charge is 2.24. The molecule has 0 saturated heterocycles. The zero-order valence-electron chi connectivity index (χ0n) is 18.8. The van der Waals surface area contributed by atoms with Crippen LogP contribution >= 0.6 is 11.8 Å². The van der Waals surface area contributed by atoms with Crippen molar-refractivity contribution in [3.63, 3.8) is 0 Å². The van der Waals surface area contributed by atoms with Gasteiger partial charge in [-0.15, -0.1) is 0 Å². The lowest BCUT2D eigenvalue weighted by Gasteiger charge is -2.21. The Morgan fingerprint density at radius 1 is 1.03 bits per heavy atom. The summed E-state index contributed by atoms with van der Waals surface area (Å²) in [7, 11) is 0. The normalized spacial score (nSPS) is 11.7. The van der Waals surface area contributed by atoms with Crippen molar-refractivity contribution in [1.29, 1.82) is 0 Å². The lowest BCUT2D eigenvalue weighted by molar-refractivity contribution is -0.113. The van der Waals surface area contributed by atoms with E-state index in [1.807, 2.05) is 55.5 Å². The van der Waals surface area contributed by atoms with Crippen molar-refractivity contribution in [2.24, 2.45) is 0 Å². The summed E-state index contributed by atoms with van der Waals surface area (Å²) in [5.41, 5.74) is 4.40. The molecule has 7 nitrogen and oxygen atoms in total. The number of carbonyl (C=O) groups is 2. The predicted molar refractivity (Wildman–Crippen MR) is 134 cm³/mol. The number of carboxylic acids is 1. The van der Waals surface area contributed by atoms with Crippen LogP contribution in [0.1, 0.15) is 27.0 Å². The number of nitrogens with zero attached hydrogens (tertiary/aromatic N) is 2. The molecule has 8 heteroatoms. The van der Waals surface area contributed by atoms with Gasteiger partial charge in [0.15, 0.2) is 5.82 Å². The molecule has 1 aliphatic heterocycles.